The Morgan fingerprint density at radius 2 is 1.47 bits per heavy atom. The number of phenols is 2. The van der Waals surface area contributed by atoms with Crippen molar-refractivity contribution < 1.29 is 48.5 Å². The number of aryl methyl sites for hydroxylation is 1. The number of nitrogens with one attached hydrogen (secondary N) is 2. The Morgan fingerprint density at radius 1 is 0.830 bits per heavy atom. The van der Waals surface area contributed by atoms with Gasteiger partial charge in [0.25, 0.3) is 0 Å². The van der Waals surface area contributed by atoms with E-state index in [0.717, 1.165) is 0 Å². The van der Waals surface area contributed by atoms with Crippen LogP contribution in [0.15, 0.2) is 88.9 Å². The standard InChI is InChI=1S/C33H38N4O10/c1-23-10-6-14-28(39)31(23)33(43)46-20-9-12-26(37-30(41)16-8-19-36-45-3)24(22-34-29(40)15-7-18-35-44-2)17-21-47-32(42)25-11-4-5-13-27(25)38/h4-8,10-11,13-16,18-19,22,26,38-39H,9,12,17,20-21H2,1-3H3,(H,34,40)(H,37,41)/b15-7+,16-8+,24-22-,35-18+,36-19+. The maximum Gasteiger partial charge on any atom is 0.342 e. The van der Waals surface area contributed by atoms with Crippen molar-refractivity contribution >= 4 is 36.2 Å². The molecule has 0 saturated carbocycles. The lowest BCUT2D eigenvalue weighted by Gasteiger charge is -2.22. The summed E-state index contributed by atoms with van der Waals surface area (Å²) in [4.78, 5) is 59.5. The van der Waals surface area contributed by atoms with E-state index in [0.29, 0.717) is 11.1 Å². The van der Waals surface area contributed by atoms with E-state index in [-0.39, 0.29) is 55.1 Å². The van der Waals surface area contributed by atoms with Gasteiger partial charge < -0.3 is 40.0 Å². The SMILES string of the molecule is CO/N=C/C=C/C(=O)N/C=C(/CCOC(=O)c1ccccc1O)C(CCCOC(=O)c1c(C)cccc1O)NC(=O)/C=C/C=N/OC. The molecular formula is C33H38N4O10. The van der Waals surface area contributed by atoms with Crippen molar-refractivity contribution in [3.05, 3.63) is 95.2 Å². The molecule has 47 heavy (non-hydrogen) atoms. The topological polar surface area (TPSA) is 194 Å². The average Bonchev–Trinajstić information content (AvgIpc) is 3.04. The summed E-state index contributed by atoms with van der Waals surface area (Å²) in [5.41, 5.74) is 1.03. The van der Waals surface area contributed by atoms with E-state index < -0.39 is 29.8 Å². The zero-order chi connectivity index (χ0) is 34.4. The van der Waals surface area contributed by atoms with Crippen molar-refractivity contribution in [2.24, 2.45) is 10.3 Å². The number of phenolic OH excluding ortho intramolecular Hbond substituents is 2. The molecule has 1 unspecified atom stereocenters. The highest BCUT2D eigenvalue weighted by molar-refractivity contribution is 5.94. The Kier molecular flexibility index (Phi) is 16.6. The molecule has 250 valence electrons. The number of benzene rings is 2. The molecule has 4 N–H and O–H groups in total. The van der Waals surface area contributed by atoms with Crippen molar-refractivity contribution in [3.63, 3.8) is 0 Å². The molecule has 0 spiro atoms. The monoisotopic (exact) mass is 650 g/mol. The summed E-state index contributed by atoms with van der Waals surface area (Å²) in [6, 6.07) is 9.83. The molecule has 2 rings (SSSR count). The number of amides is 2. The van der Waals surface area contributed by atoms with E-state index in [9.17, 15) is 29.4 Å². The summed E-state index contributed by atoms with van der Waals surface area (Å²) in [6.45, 7) is 1.44. The Morgan fingerprint density at radius 3 is 2.13 bits per heavy atom. The molecule has 0 bridgehead atoms. The number of ether oxygens (including phenoxy) is 2. The molecule has 0 radical (unpaired) electrons. The summed E-state index contributed by atoms with van der Waals surface area (Å²) < 4.78 is 10.7. The van der Waals surface area contributed by atoms with Gasteiger partial charge in [0.1, 0.15) is 36.8 Å². The summed E-state index contributed by atoms with van der Waals surface area (Å²) in [5, 5.41) is 32.6. The van der Waals surface area contributed by atoms with Crippen molar-refractivity contribution in [1.82, 2.24) is 10.6 Å². The number of nitrogens with zero attached hydrogens (tertiary/aromatic N) is 2. The molecule has 0 aliphatic heterocycles. The molecule has 2 amide bonds. The Bertz CT molecular complexity index is 1490. The highest BCUT2D eigenvalue weighted by Crippen LogP contribution is 2.22. The second-order valence-corrected chi connectivity index (χ2v) is 9.53. The third-order valence-electron chi connectivity index (χ3n) is 6.24. The number of esters is 2. The highest BCUT2D eigenvalue weighted by Gasteiger charge is 2.20. The molecule has 0 aromatic heterocycles. The van der Waals surface area contributed by atoms with Crippen LogP contribution in [0.4, 0.5) is 0 Å². The second kappa shape index (κ2) is 20.9. The van der Waals surface area contributed by atoms with Gasteiger partial charge in [-0.1, -0.05) is 34.6 Å². The van der Waals surface area contributed by atoms with Crippen LogP contribution in [0.25, 0.3) is 0 Å². The van der Waals surface area contributed by atoms with Crippen LogP contribution in [0.2, 0.25) is 0 Å². The Labute approximate surface area is 272 Å². The number of aromatic hydroxyl groups is 2. The molecule has 14 nitrogen and oxygen atoms in total. The number of carbonyl (C=O) groups is 4. The van der Waals surface area contributed by atoms with Crippen LogP contribution >= 0.6 is 0 Å². The predicted molar refractivity (Wildman–Crippen MR) is 173 cm³/mol. The molecule has 2 aromatic rings. The van der Waals surface area contributed by atoms with Gasteiger partial charge >= 0.3 is 11.9 Å². The molecule has 0 aliphatic carbocycles. The van der Waals surface area contributed by atoms with E-state index in [4.69, 9.17) is 9.47 Å². The Balaban J connectivity index is 2.25. The zero-order valence-corrected chi connectivity index (χ0v) is 26.3. The lowest BCUT2D eigenvalue weighted by Crippen LogP contribution is -2.37. The van der Waals surface area contributed by atoms with E-state index in [1.165, 1.54) is 75.4 Å². The first kappa shape index (κ1) is 37.3. The van der Waals surface area contributed by atoms with E-state index in [2.05, 4.69) is 30.6 Å². The number of rotatable bonds is 18. The van der Waals surface area contributed by atoms with E-state index in [1.54, 1.807) is 31.2 Å². The fourth-order valence-electron chi connectivity index (χ4n) is 4.01. The van der Waals surface area contributed by atoms with Gasteiger partial charge in [0.05, 0.1) is 31.7 Å². The van der Waals surface area contributed by atoms with Crippen LogP contribution in [0.3, 0.4) is 0 Å². The largest absolute Gasteiger partial charge is 0.507 e. The number of hydrogen-bond donors (Lipinski definition) is 4. The summed E-state index contributed by atoms with van der Waals surface area (Å²) >= 11 is 0. The maximum atomic E-state index is 12.8. The van der Waals surface area contributed by atoms with E-state index >= 15 is 0 Å². The van der Waals surface area contributed by atoms with Crippen molar-refractivity contribution in [1.29, 1.82) is 0 Å². The average molecular weight is 651 g/mol. The second-order valence-electron chi connectivity index (χ2n) is 9.53. The molecule has 2 aromatic carbocycles. The van der Waals surface area contributed by atoms with Crippen molar-refractivity contribution in [2.45, 2.75) is 32.2 Å². The van der Waals surface area contributed by atoms with Gasteiger partial charge in [0, 0.05) is 24.8 Å². The number of hydrogen-bond acceptors (Lipinski definition) is 12. The quantitative estimate of drug-likeness (QED) is 0.0610. The normalized spacial score (nSPS) is 12.4. The first-order valence-electron chi connectivity index (χ1n) is 14.3. The van der Waals surface area contributed by atoms with Gasteiger partial charge in [-0.2, -0.15) is 0 Å². The first-order chi connectivity index (χ1) is 22.7. The van der Waals surface area contributed by atoms with Gasteiger partial charge in [-0.3, -0.25) is 9.59 Å². The third-order valence-corrected chi connectivity index (χ3v) is 6.24. The van der Waals surface area contributed by atoms with Gasteiger partial charge in [-0.05, 0) is 61.3 Å². The fraction of sp³-hybridized carbons (Fsp3) is 0.273. The molecule has 0 saturated heterocycles. The van der Waals surface area contributed by atoms with Crippen LogP contribution < -0.4 is 10.6 Å². The van der Waals surface area contributed by atoms with Crippen LogP contribution in [-0.4, -0.2) is 79.9 Å². The molecule has 14 heteroatoms. The van der Waals surface area contributed by atoms with Crippen molar-refractivity contribution in [3.8, 4) is 11.5 Å². The molecule has 1 atom stereocenters. The third kappa shape index (κ3) is 13.7. The fourth-order valence-corrected chi connectivity index (χ4v) is 4.01. The molecule has 0 fully saturated rings. The van der Waals surface area contributed by atoms with Gasteiger partial charge in [-0.25, -0.2) is 9.59 Å². The first-order valence-corrected chi connectivity index (χ1v) is 14.3. The van der Waals surface area contributed by atoms with Gasteiger partial charge in [-0.15, -0.1) is 0 Å². The molecule has 0 heterocycles. The maximum absolute atomic E-state index is 12.8. The Hall–Kier alpha value is -5.92. The van der Waals surface area contributed by atoms with Crippen LogP contribution in [0.5, 0.6) is 11.5 Å². The summed E-state index contributed by atoms with van der Waals surface area (Å²) in [6.07, 6.45) is 9.58. The minimum Gasteiger partial charge on any atom is -0.507 e. The van der Waals surface area contributed by atoms with Crippen molar-refractivity contribution in [2.75, 3.05) is 27.4 Å². The minimum absolute atomic E-state index is 0.0246. The number of para-hydroxylation sites is 1. The highest BCUT2D eigenvalue weighted by atomic mass is 16.6. The van der Waals surface area contributed by atoms with Crippen LogP contribution in [0, 0.1) is 6.92 Å². The number of carbonyl (C=O) groups excluding carboxylic acids is 4. The summed E-state index contributed by atoms with van der Waals surface area (Å²) in [7, 11) is 2.71. The molecule has 0 aliphatic rings. The lowest BCUT2D eigenvalue weighted by molar-refractivity contribution is -0.117. The van der Waals surface area contributed by atoms with Gasteiger partial charge in [0.15, 0.2) is 0 Å². The van der Waals surface area contributed by atoms with Crippen LogP contribution in [-0.2, 0) is 28.7 Å². The van der Waals surface area contributed by atoms with E-state index in [1.807, 2.05) is 0 Å². The summed E-state index contributed by atoms with van der Waals surface area (Å²) in [5.74, 6) is -2.95. The molecular weight excluding hydrogens is 612 g/mol. The van der Waals surface area contributed by atoms with Gasteiger partial charge in [0.2, 0.25) is 11.8 Å². The smallest absolute Gasteiger partial charge is 0.342 e. The zero-order valence-electron chi connectivity index (χ0n) is 26.3. The number of oxime groups is 2. The number of allylic oxidation sites excluding steroid dienone is 2. The predicted octanol–water partition coefficient (Wildman–Crippen LogP) is 3.45. The minimum atomic E-state index is -0.765. The van der Waals surface area contributed by atoms with Crippen LogP contribution in [0.1, 0.15) is 45.5 Å². The lowest BCUT2D eigenvalue weighted by atomic mass is 10.00.